The van der Waals surface area contributed by atoms with Crippen LogP contribution >= 0.6 is 24.8 Å². The zero-order valence-corrected chi connectivity index (χ0v) is 13.8. The number of nitrogen functional groups attached to an aromatic ring is 1. The van der Waals surface area contributed by atoms with Gasteiger partial charge in [0.2, 0.25) is 0 Å². The molecule has 0 atom stereocenters. The maximum absolute atomic E-state index is 9.19. The van der Waals surface area contributed by atoms with Crippen LogP contribution in [-0.2, 0) is 0 Å². The molecule has 2 aromatic carbocycles. The summed E-state index contributed by atoms with van der Waals surface area (Å²) in [6.45, 7) is 1.03. The molecule has 0 aromatic heterocycles. The van der Waals surface area contributed by atoms with Gasteiger partial charge in [0.15, 0.2) is 0 Å². The second kappa shape index (κ2) is 10.3. The van der Waals surface area contributed by atoms with Gasteiger partial charge in [-0.05, 0) is 23.8 Å². The van der Waals surface area contributed by atoms with Gasteiger partial charge in [0, 0.05) is 30.0 Å². The van der Waals surface area contributed by atoms with Crippen LogP contribution in [0.25, 0.3) is 11.1 Å². The van der Waals surface area contributed by atoms with Crippen molar-refractivity contribution < 1.29 is 10.2 Å². The fourth-order valence-electron chi connectivity index (χ4n) is 2.27. The first-order chi connectivity index (χ1) is 9.76. The van der Waals surface area contributed by atoms with E-state index in [1.165, 1.54) is 0 Å². The Morgan fingerprint density at radius 3 is 2.00 bits per heavy atom. The van der Waals surface area contributed by atoms with Crippen LogP contribution in [0.4, 0.5) is 11.4 Å². The van der Waals surface area contributed by atoms with E-state index in [1.54, 1.807) is 0 Å². The monoisotopic (exact) mass is 344 g/mol. The number of anilines is 2. The normalized spacial score (nSPS) is 9.55. The Balaban J connectivity index is 0.00000220. The second-order valence-electron chi connectivity index (χ2n) is 4.58. The van der Waals surface area contributed by atoms with Gasteiger partial charge in [0.1, 0.15) is 0 Å². The summed E-state index contributed by atoms with van der Waals surface area (Å²) >= 11 is 0. The number of aliphatic hydroxyl groups excluding tert-OH is 2. The Bertz CT molecular complexity index is 547. The molecular formula is C16H22Cl2N2O2. The van der Waals surface area contributed by atoms with Gasteiger partial charge in [-0.1, -0.05) is 30.3 Å². The van der Waals surface area contributed by atoms with Crippen molar-refractivity contribution in [3.63, 3.8) is 0 Å². The standard InChI is InChI=1S/C16H20N2O2.2ClH/c17-14-6-7-16(18(8-10-19)9-11-20)15(12-14)13-4-2-1-3-5-13;;/h1-7,12,19-20H,8-11,17H2;2*1H. The number of rotatable bonds is 6. The van der Waals surface area contributed by atoms with Crippen LogP contribution in [0, 0.1) is 0 Å². The highest BCUT2D eigenvalue weighted by molar-refractivity contribution is 5.85. The highest BCUT2D eigenvalue weighted by atomic mass is 35.5. The van der Waals surface area contributed by atoms with E-state index in [0.717, 1.165) is 16.8 Å². The molecule has 22 heavy (non-hydrogen) atoms. The lowest BCUT2D eigenvalue weighted by Gasteiger charge is -2.26. The quantitative estimate of drug-likeness (QED) is 0.704. The van der Waals surface area contributed by atoms with Gasteiger partial charge in [0.05, 0.1) is 13.2 Å². The van der Waals surface area contributed by atoms with Crippen LogP contribution in [0.3, 0.4) is 0 Å². The van der Waals surface area contributed by atoms with Crippen LogP contribution in [0.1, 0.15) is 0 Å². The number of halogens is 2. The largest absolute Gasteiger partial charge is 0.399 e. The molecule has 0 saturated heterocycles. The number of hydrogen-bond acceptors (Lipinski definition) is 4. The summed E-state index contributed by atoms with van der Waals surface area (Å²) in [4.78, 5) is 1.96. The zero-order valence-electron chi connectivity index (χ0n) is 12.2. The van der Waals surface area contributed by atoms with E-state index in [1.807, 2.05) is 53.4 Å². The summed E-state index contributed by atoms with van der Waals surface area (Å²) in [5.41, 5.74) is 9.63. The molecule has 0 bridgehead atoms. The Hall–Kier alpha value is -1.46. The average Bonchev–Trinajstić information content (AvgIpc) is 2.48. The van der Waals surface area contributed by atoms with E-state index in [9.17, 15) is 10.2 Å². The molecule has 2 rings (SSSR count). The average molecular weight is 345 g/mol. The third kappa shape index (κ3) is 5.07. The summed E-state index contributed by atoms with van der Waals surface area (Å²) in [6.07, 6.45) is 0. The van der Waals surface area contributed by atoms with Crippen LogP contribution in [0.15, 0.2) is 48.5 Å². The van der Waals surface area contributed by atoms with E-state index in [4.69, 9.17) is 5.73 Å². The van der Waals surface area contributed by atoms with Crippen LogP contribution in [0.2, 0.25) is 0 Å². The summed E-state index contributed by atoms with van der Waals surface area (Å²) in [7, 11) is 0. The fraction of sp³-hybridized carbons (Fsp3) is 0.250. The van der Waals surface area contributed by atoms with Crippen LogP contribution < -0.4 is 10.6 Å². The Kier molecular flexibility index (Phi) is 9.61. The van der Waals surface area contributed by atoms with Gasteiger partial charge in [0.25, 0.3) is 0 Å². The van der Waals surface area contributed by atoms with Gasteiger partial charge in [-0.15, -0.1) is 24.8 Å². The maximum Gasteiger partial charge on any atom is 0.0606 e. The third-order valence-electron chi connectivity index (χ3n) is 3.19. The highest BCUT2D eigenvalue weighted by Gasteiger charge is 2.12. The highest BCUT2D eigenvalue weighted by Crippen LogP contribution is 2.32. The van der Waals surface area contributed by atoms with Gasteiger partial charge in [-0.3, -0.25) is 0 Å². The molecule has 0 spiro atoms. The predicted octanol–water partition coefficient (Wildman–Crippen LogP) is 2.57. The first kappa shape index (κ1) is 20.5. The van der Waals surface area contributed by atoms with Crippen molar-refractivity contribution in [3.05, 3.63) is 48.5 Å². The number of aliphatic hydroxyl groups is 2. The van der Waals surface area contributed by atoms with Crippen molar-refractivity contribution in [2.75, 3.05) is 36.9 Å². The minimum absolute atomic E-state index is 0. The molecule has 2 aromatic rings. The summed E-state index contributed by atoms with van der Waals surface area (Å²) in [5, 5.41) is 18.4. The molecular weight excluding hydrogens is 323 g/mol. The van der Waals surface area contributed by atoms with Crippen molar-refractivity contribution in [2.24, 2.45) is 0 Å². The third-order valence-corrected chi connectivity index (χ3v) is 3.19. The molecule has 0 fully saturated rings. The van der Waals surface area contributed by atoms with Crippen LogP contribution in [0.5, 0.6) is 0 Å². The molecule has 0 radical (unpaired) electrons. The van der Waals surface area contributed by atoms with Gasteiger partial charge in [-0.2, -0.15) is 0 Å². The van der Waals surface area contributed by atoms with Crippen molar-refractivity contribution in [3.8, 4) is 11.1 Å². The molecule has 4 N–H and O–H groups in total. The van der Waals surface area contributed by atoms with Crippen molar-refractivity contribution >= 4 is 36.2 Å². The maximum atomic E-state index is 9.19. The van der Waals surface area contributed by atoms with Crippen molar-refractivity contribution in [1.29, 1.82) is 0 Å². The predicted molar refractivity (Wildman–Crippen MR) is 97.2 cm³/mol. The summed E-state index contributed by atoms with van der Waals surface area (Å²) < 4.78 is 0. The lowest BCUT2D eigenvalue weighted by atomic mass is 10.0. The van der Waals surface area contributed by atoms with Crippen molar-refractivity contribution in [1.82, 2.24) is 0 Å². The van der Waals surface area contributed by atoms with Gasteiger partial charge >= 0.3 is 0 Å². The minimum Gasteiger partial charge on any atom is -0.399 e. The second-order valence-corrected chi connectivity index (χ2v) is 4.58. The molecule has 0 heterocycles. The van der Waals surface area contributed by atoms with E-state index < -0.39 is 0 Å². The molecule has 0 aliphatic heterocycles. The molecule has 0 amide bonds. The SMILES string of the molecule is Cl.Cl.Nc1ccc(N(CCO)CCO)c(-c2ccccc2)c1. The first-order valence-electron chi connectivity index (χ1n) is 6.68. The Morgan fingerprint density at radius 1 is 0.864 bits per heavy atom. The number of nitrogens with zero attached hydrogens (tertiary/aromatic N) is 1. The lowest BCUT2D eigenvalue weighted by Crippen LogP contribution is -2.30. The first-order valence-corrected chi connectivity index (χ1v) is 6.68. The Labute approximate surface area is 143 Å². The van der Waals surface area contributed by atoms with E-state index in [2.05, 4.69) is 0 Å². The smallest absolute Gasteiger partial charge is 0.0606 e. The summed E-state index contributed by atoms with van der Waals surface area (Å²) in [6, 6.07) is 15.7. The molecule has 122 valence electrons. The number of benzene rings is 2. The zero-order chi connectivity index (χ0) is 14.4. The molecule has 0 saturated carbocycles. The fourth-order valence-corrected chi connectivity index (χ4v) is 2.27. The molecule has 4 nitrogen and oxygen atoms in total. The molecule has 0 aliphatic carbocycles. The lowest BCUT2D eigenvalue weighted by molar-refractivity contribution is 0.281. The molecule has 0 aliphatic rings. The molecule has 6 heteroatoms. The Morgan fingerprint density at radius 2 is 1.45 bits per heavy atom. The van der Waals surface area contributed by atoms with E-state index >= 15 is 0 Å². The summed E-state index contributed by atoms with van der Waals surface area (Å²) in [5.74, 6) is 0. The minimum atomic E-state index is 0. The molecule has 0 unspecified atom stereocenters. The van der Waals surface area contributed by atoms with Gasteiger partial charge in [-0.25, -0.2) is 0 Å². The van der Waals surface area contributed by atoms with E-state index in [-0.39, 0.29) is 38.0 Å². The number of hydrogen-bond donors (Lipinski definition) is 3. The van der Waals surface area contributed by atoms with Crippen molar-refractivity contribution in [2.45, 2.75) is 0 Å². The van der Waals surface area contributed by atoms with E-state index in [0.29, 0.717) is 18.8 Å². The topological polar surface area (TPSA) is 69.7 Å². The van der Waals surface area contributed by atoms with Gasteiger partial charge < -0.3 is 20.8 Å². The van der Waals surface area contributed by atoms with Crippen LogP contribution in [-0.4, -0.2) is 36.5 Å². The number of nitrogens with two attached hydrogens (primary N) is 1.